The number of ether oxygens (including phenoxy) is 1. The number of nitrogens with zero attached hydrogens (tertiary/aromatic N) is 4. The van der Waals surface area contributed by atoms with Crippen LogP contribution in [0.1, 0.15) is 36.2 Å². The predicted molar refractivity (Wildman–Crippen MR) is 88.6 cm³/mol. The molecule has 0 bridgehead atoms. The molecule has 1 saturated heterocycles. The third-order valence-electron chi connectivity index (χ3n) is 4.54. The largest absolute Gasteiger partial charge is 0.460 e. The number of hydrogen-bond donors (Lipinski definition) is 1. The van der Waals surface area contributed by atoms with Crippen molar-refractivity contribution in [2.75, 3.05) is 13.1 Å². The van der Waals surface area contributed by atoms with Crippen molar-refractivity contribution in [3.63, 3.8) is 0 Å². The fraction of sp³-hybridized carbons (Fsp3) is 0.529. The third kappa shape index (κ3) is 3.90. The number of aryl methyl sites for hydroxylation is 2. The first kappa shape index (κ1) is 16.4. The second-order valence-corrected chi connectivity index (χ2v) is 6.15. The molecule has 0 unspecified atom stereocenters. The lowest BCUT2D eigenvalue weighted by atomic mass is 10.1. The normalized spacial score (nSPS) is 15.5. The Kier molecular flexibility index (Phi) is 5.08. The fourth-order valence-corrected chi connectivity index (χ4v) is 2.88. The minimum atomic E-state index is 0.0766. The molecule has 1 fully saturated rings. The SMILES string of the molecule is Cc1[nH]nc(CCC(=O)N2CCC(Oc3ncccn3)CC2)c1C. The van der Waals surface area contributed by atoms with Gasteiger partial charge in [0.05, 0.1) is 5.69 Å². The Labute approximate surface area is 141 Å². The Hall–Kier alpha value is -2.44. The summed E-state index contributed by atoms with van der Waals surface area (Å²) in [6, 6.07) is 2.17. The maximum atomic E-state index is 12.4. The van der Waals surface area contributed by atoms with Gasteiger partial charge in [-0.3, -0.25) is 9.89 Å². The quantitative estimate of drug-likeness (QED) is 0.904. The summed E-state index contributed by atoms with van der Waals surface area (Å²) in [6.45, 7) is 5.46. The number of nitrogens with one attached hydrogen (secondary N) is 1. The third-order valence-corrected chi connectivity index (χ3v) is 4.54. The summed E-state index contributed by atoms with van der Waals surface area (Å²) in [7, 11) is 0. The molecule has 0 atom stereocenters. The van der Waals surface area contributed by atoms with Gasteiger partial charge >= 0.3 is 6.01 Å². The van der Waals surface area contributed by atoms with Crippen molar-refractivity contribution < 1.29 is 9.53 Å². The van der Waals surface area contributed by atoms with Crippen LogP contribution in [0, 0.1) is 13.8 Å². The zero-order valence-corrected chi connectivity index (χ0v) is 14.2. The summed E-state index contributed by atoms with van der Waals surface area (Å²) in [6.07, 6.45) is 6.21. The average molecular weight is 329 g/mol. The van der Waals surface area contributed by atoms with E-state index in [1.54, 1.807) is 18.5 Å². The van der Waals surface area contributed by atoms with Crippen molar-refractivity contribution in [3.8, 4) is 6.01 Å². The van der Waals surface area contributed by atoms with E-state index in [1.807, 2.05) is 18.7 Å². The van der Waals surface area contributed by atoms with Crippen LogP contribution in [-0.4, -0.2) is 50.2 Å². The number of likely N-dealkylation sites (tertiary alicyclic amines) is 1. The Morgan fingerprint density at radius 2 is 2.00 bits per heavy atom. The molecule has 7 heteroatoms. The van der Waals surface area contributed by atoms with Crippen molar-refractivity contribution in [2.24, 2.45) is 0 Å². The lowest BCUT2D eigenvalue weighted by Crippen LogP contribution is -2.42. The number of piperidine rings is 1. The van der Waals surface area contributed by atoms with Gasteiger partial charge in [0, 0.05) is 56.9 Å². The predicted octanol–water partition coefficient (Wildman–Crippen LogP) is 1.82. The molecule has 0 aliphatic carbocycles. The van der Waals surface area contributed by atoms with Gasteiger partial charge in [-0.2, -0.15) is 5.10 Å². The van der Waals surface area contributed by atoms with Crippen LogP contribution >= 0.6 is 0 Å². The second kappa shape index (κ2) is 7.42. The van der Waals surface area contributed by atoms with E-state index in [2.05, 4.69) is 20.2 Å². The van der Waals surface area contributed by atoms with E-state index in [1.165, 1.54) is 0 Å². The molecule has 1 aliphatic rings. The minimum absolute atomic E-state index is 0.0766. The summed E-state index contributed by atoms with van der Waals surface area (Å²) in [5, 5.41) is 7.23. The van der Waals surface area contributed by atoms with Crippen molar-refractivity contribution in [2.45, 2.75) is 45.6 Å². The van der Waals surface area contributed by atoms with Crippen LogP contribution in [0.2, 0.25) is 0 Å². The lowest BCUT2D eigenvalue weighted by Gasteiger charge is -2.31. The standard InChI is InChI=1S/C17H23N5O2/c1-12-13(2)20-21-15(12)4-5-16(23)22-10-6-14(7-11-22)24-17-18-8-3-9-19-17/h3,8-9,14H,4-7,10-11H2,1-2H3,(H,20,21). The van der Waals surface area contributed by atoms with Gasteiger partial charge in [0.15, 0.2) is 0 Å². The Bertz CT molecular complexity index is 678. The molecule has 3 rings (SSSR count). The Morgan fingerprint density at radius 1 is 1.29 bits per heavy atom. The van der Waals surface area contributed by atoms with Gasteiger partial charge in [0.25, 0.3) is 0 Å². The van der Waals surface area contributed by atoms with Crippen LogP contribution in [0.3, 0.4) is 0 Å². The van der Waals surface area contributed by atoms with E-state index in [0.717, 1.165) is 42.9 Å². The van der Waals surface area contributed by atoms with E-state index in [9.17, 15) is 4.79 Å². The number of aromatic nitrogens is 4. The van der Waals surface area contributed by atoms with Crippen LogP contribution in [-0.2, 0) is 11.2 Å². The second-order valence-electron chi connectivity index (χ2n) is 6.15. The number of H-pyrrole nitrogens is 1. The smallest absolute Gasteiger partial charge is 0.316 e. The zero-order chi connectivity index (χ0) is 16.9. The monoisotopic (exact) mass is 329 g/mol. The molecular formula is C17H23N5O2. The van der Waals surface area contributed by atoms with E-state index >= 15 is 0 Å². The van der Waals surface area contributed by atoms with Gasteiger partial charge in [0.1, 0.15) is 6.10 Å². The molecule has 128 valence electrons. The molecule has 3 heterocycles. The summed E-state index contributed by atoms with van der Waals surface area (Å²) < 4.78 is 5.76. The highest BCUT2D eigenvalue weighted by Crippen LogP contribution is 2.17. The molecule has 0 aromatic carbocycles. The van der Waals surface area contributed by atoms with Gasteiger partial charge in [-0.1, -0.05) is 0 Å². The van der Waals surface area contributed by atoms with Crippen LogP contribution in [0.4, 0.5) is 0 Å². The molecule has 2 aromatic rings. The van der Waals surface area contributed by atoms with Crippen molar-refractivity contribution in [3.05, 3.63) is 35.4 Å². The number of aromatic amines is 1. The molecule has 0 saturated carbocycles. The molecule has 2 aromatic heterocycles. The highest BCUT2D eigenvalue weighted by Gasteiger charge is 2.24. The van der Waals surface area contributed by atoms with Gasteiger partial charge in [0.2, 0.25) is 5.91 Å². The number of carbonyl (C=O) groups excluding carboxylic acids is 1. The van der Waals surface area contributed by atoms with Gasteiger partial charge in [-0.25, -0.2) is 9.97 Å². The highest BCUT2D eigenvalue weighted by atomic mass is 16.5. The molecular weight excluding hydrogens is 306 g/mol. The first-order valence-electron chi connectivity index (χ1n) is 8.35. The number of hydrogen-bond acceptors (Lipinski definition) is 5. The van der Waals surface area contributed by atoms with Crippen molar-refractivity contribution in [1.82, 2.24) is 25.1 Å². The van der Waals surface area contributed by atoms with Gasteiger partial charge in [-0.05, 0) is 25.5 Å². The lowest BCUT2D eigenvalue weighted by molar-refractivity contribution is -0.133. The number of carbonyl (C=O) groups is 1. The molecule has 7 nitrogen and oxygen atoms in total. The van der Waals surface area contributed by atoms with Gasteiger partial charge < -0.3 is 9.64 Å². The van der Waals surface area contributed by atoms with Crippen molar-refractivity contribution >= 4 is 5.91 Å². The van der Waals surface area contributed by atoms with Crippen LogP contribution in [0.15, 0.2) is 18.5 Å². The average Bonchev–Trinajstić information content (AvgIpc) is 2.93. The molecule has 1 N–H and O–H groups in total. The minimum Gasteiger partial charge on any atom is -0.460 e. The first-order valence-corrected chi connectivity index (χ1v) is 8.35. The van der Waals surface area contributed by atoms with Crippen LogP contribution in [0.5, 0.6) is 6.01 Å². The number of amides is 1. The van der Waals surface area contributed by atoms with E-state index in [4.69, 9.17) is 4.74 Å². The number of rotatable bonds is 5. The first-order chi connectivity index (χ1) is 11.6. The molecule has 0 radical (unpaired) electrons. The van der Waals surface area contributed by atoms with E-state index < -0.39 is 0 Å². The summed E-state index contributed by atoms with van der Waals surface area (Å²) in [5.41, 5.74) is 3.21. The topological polar surface area (TPSA) is 84.0 Å². The fourth-order valence-electron chi connectivity index (χ4n) is 2.88. The van der Waals surface area contributed by atoms with Crippen molar-refractivity contribution in [1.29, 1.82) is 0 Å². The maximum Gasteiger partial charge on any atom is 0.316 e. The molecule has 24 heavy (non-hydrogen) atoms. The van der Waals surface area contributed by atoms with Crippen LogP contribution in [0.25, 0.3) is 0 Å². The Morgan fingerprint density at radius 3 is 2.62 bits per heavy atom. The summed E-state index contributed by atoms with van der Waals surface area (Å²) in [4.78, 5) is 22.4. The molecule has 1 aliphatic heterocycles. The van der Waals surface area contributed by atoms with E-state index in [-0.39, 0.29) is 12.0 Å². The summed E-state index contributed by atoms with van der Waals surface area (Å²) >= 11 is 0. The molecule has 1 amide bonds. The highest BCUT2D eigenvalue weighted by molar-refractivity contribution is 5.76. The maximum absolute atomic E-state index is 12.4. The summed E-state index contributed by atoms with van der Waals surface area (Å²) in [5.74, 6) is 0.185. The van der Waals surface area contributed by atoms with Gasteiger partial charge in [-0.15, -0.1) is 0 Å². The zero-order valence-electron chi connectivity index (χ0n) is 14.2. The molecule has 0 spiro atoms. The van der Waals surface area contributed by atoms with E-state index in [0.29, 0.717) is 18.9 Å². The van der Waals surface area contributed by atoms with Crippen LogP contribution < -0.4 is 4.74 Å². The Balaban J connectivity index is 1.44.